The van der Waals surface area contributed by atoms with Gasteiger partial charge in [0.1, 0.15) is 5.75 Å². The van der Waals surface area contributed by atoms with Crippen molar-refractivity contribution in [1.29, 1.82) is 5.26 Å². The van der Waals surface area contributed by atoms with Crippen LogP contribution in [0.25, 0.3) is 0 Å². The number of unbranched alkanes of at least 4 members (excludes halogenated alkanes) is 4. The van der Waals surface area contributed by atoms with Crippen molar-refractivity contribution in [3.8, 4) is 11.8 Å². The molecule has 0 aliphatic heterocycles. The van der Waals surface area contributed by atoms with Crippen molar-refractivity contribution >= 4 is 13.3 Å². The van der Waals surface area contributed by atoms with Crippen LogP contribution in [0.5, 0.6) is 5.75 Å². The molecule has 126 valence electrons. The molecule has 7 nitrogen and oxygen atoms in total. The van der Waals surface area contributed by atoms with Gasteiger partial charge in [0.25, 0.3) is 5.69 Å². The molecule has 1 rings (SSSR count). The fraction of sp³-hybridized carbons (Fsp3) is 0.533. The maximum Gasteiger partial charge on any atom is 0.379 e. The van der Waals surface area contributed by atoms with Gasteiger partial charge < -0.3 is 9.05 Å². The molecule has 0 heterocycles. The summed E-state index contributed by atoms with van der Waals surface area (Å²) in [5.74, 6) is 0.289. The Labute approximate surface area is 135 Å². The van der Waals surface area contributed by atoms with E-state index in [9.17, 15) is 14.7 Å². The highest BCUT2D eigenvalue weighted by atomic mass is 31.2. The average Bonchev–Trinajstić information content (AvgIpc) is 2.51. The van der Waals surface area contributed by atoms with Gasteiger partial charge in [0.15, 0.2) is 0 Å². The zero-order valence-corrected chi connectivity index (χ0v) is 14.0. The molecule has 8 heteroatoms. The van der Waals surface area contributed by atoms with Gasteiger partial charge in [-0.05, 0) is 31.9 Å². The van der Waals surface area contributed by atoms with Gasteiger partial charge in [-0.3, -0.25) is 10.1 Å². The van der Waals surface area contributed by atoms with Crippen molar-refractivity contribution in [2.45, 2.75) is 39.0 Å². The third kappa shape index (κ3) is 7.27. The van der Waals surface area contributed by atoms with Crippen LogP contribution in [0.1, 0.15) is 39.0 Å². The topological polar surface area (TPSA) is 102 Å². The summed E-state index contributed by atoms with van der Waals surface area (Å²) in [6.07, 6.45) is 4.07. The van der Waals surface area contributed by atoms with Gasteiger partial charge >= 0.3 is 7.60 Å². The van der Waals surface area contributed by atoms with Crippen LogP contribution < -0.4 is 4.52 Å². The van der Waals surface area contributed by atoms with Crippen LogP contribution in [0.4, 0.5) is 5.69 Å². The number of nitriles is 1. The monoisotopic (exact) mass is 340 g/mol. The molecule has 0 saturated carbocycles. The Kier molecular flexibility index (Phi) is 8.31. The predicted molar refractivity (Wildman–Crippen MR) is 86.5 cm³/mol. The summed E-state index contributed by atoms with van der Waals surface area (Å²) < 4.78 is 23.4. The molecule has 1 atom stereocenters. The lowest BCUT2D eigenvalue weighted by Crippen LogP contribution is -2.03. The second-order valence-corrected chi connectivity index (χ2v) is 7.03. The Bertz CT molecular complexity index is 583. The van der Waals surface area contributed by atoms with Crippen LogP contribution in [0.2, 0.25) is 0 Å². The third-order valence-electron chi connectivity index (χ3n) is 3.09. The van der Waals surface area contributed by atoms with Gasteiger partial charge in [-0.15, -0.1) is 0 Å². The normalized spacial score (nSPS) is 13.0. The number of nitro benzene ring substituents is 1. The van der Waals surface area contributed by atoms with Crippen LogP contribution in [0.3, 0.4) is 0 Å². The first-order chi connectivity index (χ1) is 11.0. The lowest BCUT2D eigenvalue weighted by molar-refractivity contribution is -0.384. The van der Waals surface area contributed by atoms with E-state index in [4.69, 9.17) is 14.3 Å². The van der Waals surface area contributed by atoms with Gasteiger partial charge in [-0.1, -0.05) is 12.8 Å². The molecule has 0 aromatic heterocycles. The van der Waals surface area contributed by atoms with Crippen LogP contribution >= 0.6 is 7.60 Å². The predicted octanol–water partition coefficient (Wildman–Crippen LogP) is 4.68. The number of hydrogen-bond donors (Lipinski definition) is 0. The number of non-ortho nitro benzene ring substituents is 1. The first-order valence-corrected chi connectivity index (χ1v) is 9.28. The smallest absolute Gasteiger partial charge is 0.379 e. The molecule has 0 amide bonds. The molecular weight excluding hydrogens is 319 g/mol. The van der Waals surface area contributed by atoms with Crippen LogP contribution in [-0.2, 0) is 9.09 Å². The second kappa shape index (κ2) is 9.98. The van der Waals surface area contributed by atoms with E-state index < -0.39 is 12.5 Å². The van der Waals surface area contributed by atoms with Gasteiger partial charge in [0.05, 0.1) is 23.8 Å². The molecule has 0 aliphatic rings. The highest BCUT2D eigenvalue weighted by Gasteiger charge is 2.25. The fourth-order valence-corrected chi connectivity index (χ4v) is 3.71. The van der Waals surface area contributed by atoms with Crippen LogP contribution in [0, 0.1) is 21.4 Å². The fourth-order valence-electron chi connectivity index (χ4n) is 1.99. The van der Waals surface area contributed by atoms with Gasteiger partial charge in [0.2, 0.25) is 0 Å². The Morgan fingerprint density at radius 2 is 1.87 bits per heavy atom. The summed E-state index contributed by atoms with van der Waals surface area (Å²) in [5, 5.41) is 19.1. The summed E-state index contributed by atoms with van der Waals surface area (Å²) in [6, 6.07) is 7.51. The molecular formula is C15H21N2O5P. The lowest BCUT2D eigenvalue weighted by Gasteiger charge is -2.18. The van der Waals surface area contributed by atoms with Crippen LogP contribution in [0.15, 0.2) is 24.3 Å². The lowest BCUT2D eigenvalue weighted by atomic mass is 10.2. The Balaban J connectivity index is 2.56. The van der Waals surface area contributed by atoms with Crippen molar-refractivity contribution in [3.63, 3.8) is 0 Å². The first kappa shape index (κ1) is 19.1. The van der Waals surface area contributed by atoms with E-state index in [0.29, 0.717) is 12.8 Å². The van der Waals surface area contributed by atoms with E-state index >= 15 is 0 Å². The minimum Gasteiger partial charge on any atom is -0.424 e. The van der Waals surface area contributed by atoms with E-state index in [1.54, 1.807) is 6.92 Å². The summed E-state index contributed by atoms with van der Waals surface area (Å²) in [6.45, 7) is 2.00. The molecule has 0 unspecified atom stereocenters. The minimum absolute atomic E-state index is 0.0546. The third-order valence-corrected chi connectivity index (χ3v) is 5.09. The molecule has 0 aliphatic carbocycles. The molecule has 1 aromatic carbocycles. The van der Waals surface area contributed by atoms with Gasteiger partial charge in [-0.25, -0.2) is 4.57 Å². The molecule has 0 bridgehead atoms. The quantitative estimate of drug-likeness (QED) is 0.251. The number of hydrogen-bond acceptors (Lipinski definition) is 6. The maximum atomic E-state index is 12.7. The highest BCUT2D eigenvalue weighted by molar-refractivity contribution is 7.54. The second-order valence-electron chi connectivity index (χ2n) is 4.92. The summed E-state index contributed by atoms with van der Waals surface area (Å²) >= 11 is 0. The van der Waals surface area contributed by atoms with Gasteiger partial charge in [-0.2, -0.15) is 5.26 Å². The number of benzene rings is 1. The van der Waals surface area contributed by atoms with E-state index in [2.05, 4.69) is 6.07 Å². The molecule has 0 spiro atoms. The SMILES string of the molecule is CCO[P@](=O)(CCCCCCC#N)Oc1ccc([N+](=O)[O-])cc1. The molecule has 0 N–H and O–H groups in total. The van der Waals surface area contributed by atoms with E-state index in [-0.39, 0.29) is 24.2 Å². The zero-order valence-electron chi connectivity index (χ0n) is 13.1. The van der Waals surface area contributed by atoms with Crippen molar-refractivity contribution in [2.24, 2.45) is 0 Å². The Morgan fingerprint density at radius 3 is 2.43 bits per heavy atom. The van der Waals surface area contributed by atoms with Crippen molar-refractivity contribution in [3.05, 3.63) is 34.4 Å². The number of rotatable bonds is 11. The molecule has 23 heavy (non-hydrogen) atoms. The van der Waals surface area contributed by atoms with E-state index in [1.165, 1.54) is 24.3 Å². The minimum atomic E-state index is -3.27. The van der Waals surface area contributed by atoms with Crippen molar-refractivity contribution < 1.29 is 18.5 Å². The molecule has 1 aromatic rings. The van der Waals surface area contributed by atoms with Gasteiger partial charge in [0, 0.05) is 18.6 Å². The standard InChI is InChI=1S/C15H21N2O5P/c1-2-21-23(20,13-7-5-3-4-6-12-16)22-15-10-8-14(9-11-15)17(18)19/h8-11H,2-7,13H2,1H3/t23-/m1/s1. The molecule has 0 saturated heterocycles. The highest BCUT2D eigenvalue weighted by Crippen LogP contribution is 2.49. The Hall–Kier alpha value is -1.90. The molecule has 0 fully saturated rings. The number of nitro groups is 1. The van der Waals surface area contributed by atoms with Crippen molar-refractivity contribution in [1.82, 2.24) is 0 Å². The largest absolute Gasteiger partial charge is 0.424 e. The summed E-state index contributed by atoms with van der Waals surface area (Å²) in [5.41, 5.74) is -0.0546. The Morgan fingerprint density at radius 1 is 1.22 bits per heavy atom. The van der Waals surface area contributed by atoms with Crippen LogP contribution in [-0.4, -0.2) is 17.7 Å². The summed E-state index contributed by atoms with van der Waals surface area (Å²) in [7, 11) is -3.27. The zero-order chi connectivity index (χ0) is 17.1. The average molecular weight is 340 g/mol. The van der Waals surface area contributed by atoms with E-state index in [1.807, 2.05) is 0 Å². The van der Waals surface area contributed by atoms with E-state index in [0.717, 1.165) is 19.3 Å². The molecule has 0 radical (unpaired) electrons. The first-order valence-electron chi connectivity index (χ1n) is 7.55. The van der Waals surface area contributed by atoms with Crippen molar-refractivity contribution in [2.75, 3.05) is 12.8 Å². The number of nitrogens with zero attached hydrogens (tertiary/aromatic N) is 2. The summed E-state index contributed by atoms with van der Waals surface area (Å²) in [4.78, 5) is 10.1. The maximum absolute atomic E-state index is 12.7.